The lowest BCUT2D eigenvalue weighted by molar-refractivity contribution is 0.200. The fraction of sp³-hybridized carbons (Fsp3) is 0.667. The number of benzene rings is 1. The topological polar surface area (TPSA) is 15.3 Å². The van der Waals surface area contributed by atoms with Crippen LogP contribution < -0.4 is 5.32 Å². The van der Waals surface area contributed by atoms with Crippen molar-refractivity contribution in [1.82, 2.24) is 10.2 Å². The molecule has 1 aromatic carbocycles. The number of likely N-dealkylation sites (tertiary alicyclic amines) is 1. The summed E-state index contributed by atoms with van der Waals surface area (Å²) in [7, 11) is 0. The van der Waals surface area contributed by atoms with E-state index in [0.717, 1.165) is 11.3 Å². The molecule has 0 amide bonds. The summed E-state index contributed by atoms with van der Waals surface area (Å²) in [4.78, 5) is 2.63. The van der Waals surface area contributed by atoms with Crippen molar-refractivity contribution in [1.29, 1.82) is 0 Å². The Kier molecular flexibility index (Phi) is 6.02. The van der Waals surface area contributed by atoms with Crippen LogP contribution in [0.1, 0.15) is 31.2 Å². The summed E-state index contributed by atoms with van der Waals surface area (Å²) < 4.78 is 0. The van der Waals surface area contributed by atoms with Gasteiger partial charge in [-0.25, -0.2) is 0 Å². The highest BCUT2D eigenvalue weighted by molar-refractivity contribution is 8.00. The van der Waals surface area contributed by atoms with Crippen LogP contribution in [0.4, 0.5) is 0 Å². The monoisotopic (exact) mass is 304 g/mol. The fourth-order valence-electron chi connectivity index (χ4n) is 3.40. The van der Waals surface area contributed by atoms with E-state index in [9.17, 15) is 0 Å². The molecule has 1 unspecified atom stereocenters. The maximum Gasteiger partial charge on any atom is 0.0172 e. The third kappa shape index (κ3) is 5.01. The maximum atomic E-state index is 3.81. The van der Waals surface area contributed by atoms with E-state index in [1.807, 2.05) is 0 Å². The number of hydrogen-bond acceptors (Lipinski definition) is 3. The Bertz CT molecular complexity index is 395. The van der Waals surface area contributed by atoms with Crippen molar-refractivity contribution >= 4 is 11.8 Å². The highest BCUT2D eigenvalue weighted by Gasteiger charge is 2.21. The number of hydrogen-bond donors (Lipinski definition) is 1. The molecule has 1 N–H and O–H groups in total. The van der Waals surface area contributed by atoms with E-state index in [-0.39, 0.29) is 0 Å². The van der Waals surface area contributed by atoms with Crippen LogP contribution in [0.25, 0.3) is 0 Å². The van der Waals surface area contributed by atoms with Crippen LogP contribution in [-0.2, 0) is 6.42 Å². The molecule has 0 radical (unpaired) electrons. The Morgan fingerprint density at radius 3 is 2.62 bits per heavy atom. The molecule has 0 bridgehead atoms. The SMILES string of the molecule is c1ccc(CCN2CCC(NCC3CCCS3)CC2)cc1. The molecule has 3 rings (SSSR count). The van der Waals surface area contributed by atoms with Gasteiger partial charge in [0.05, 0.1) is 0 Å². The molecule has 2 nitrogen and oxygen atoms in total. The van der Waals surface area contributed by atoms with Crippen LogP contribution in [0.15, 0.2) is 30.3 Å². The van der Waals surface area contributed by atoms with Crippen molar-refractivity contribution in [3.8, 4) is 0 Å². The molecule has 0 saturated carbocycles. The van der Waals surface area contributed by atoms with E-state index in [2.05, 4.69) is 52.3 Å². The van der Waals surface area contributed by atoms with Crippen LogP contribution >= 0.6 is 11.8 Å². The number of rotatable bonds is 6. The lowest BCUT2D eigenvalue weighted by Gasteiger charge is -2.33. The zero-order valence-corrected chi connectivity index (χ0v) is 13.8. The number of nitrogens with zero attached hydrogens (tertiary/aromatic N) is 1. The van der Waals surface area contributed by atoms with E-state index < -0.39 is 0 Å². The summed E-state index contributed by atoms with van der Waals surface area (Å²) in [5.74, 6) is 1.38. The Hall–Kier alpha value is -0.510. The maximum absolute atomic E-state index is 3.81. The summed E-state index contributed by atoms with van der Waals surface area (Å²) in [6, 6.07) is 11.6. The Morgan fingerprint density at radius 2 is 1.90 bits per heavy atom. The molecule has 1 aromatic rings. The van der Waals surface area contributed by atoms with Gasteiger partial charge in [0.1, 0.15) is 0 Å². The van der Waals surface area contributed by atoms with Gasteiger partial charge in [0.2, 0.25) is 0 Å². The summed E-state index contributed by atoms with van der Waals surface area (Å²) >= 11 is 2.16. The molecular formula is C18H28N2S. The summed E-state index contributed by atoms with van der Waals surface area (Å²) in [5, 5.41) is 4.70. The molecule has 3 heteroatoms. The van der Waals surface area contributed by atoms with Crippen molar-refractivity contribution in [2.45, 2.75) is 43.4 Å². The van der Waals surface area contributed by atoms with Gasteiger partial charge in [-0.1, -0.05) is 30.3 Å². The Balaban J connectivity index is 1.31. The van der Waals surface area contributed by atoms with E-state index in [1.165, 1.54) is 69.6 Å². The first-order valence-corrected chi connectivity index (χ1v) is 9.56. The molecule has 21 heavy (non-hydrogen) atoms. The second-order valence-electron chi connectivity index (χ2n) is 6.39. The molecule has 2 aliphatic rings. The quantitative estimate of drug-likeness (QED) is 0.869. The van der Waals surface area contributed by atoms with Gasteiger partial charge in [-0.15, -0.1) is 0 Å². The van der Waals surface area contributed by atoms with Gasteiger partial charge < -0.3 is 10.2 Å². The van der Waals surface area contributed by atoms with Crippen molar-refractivity contribution in [2.75, 3.05) is 31.9 Å². The van der Waals surface area contributed by atoms with E-state index >= 15 is 0 Å². The minimum Gasteiger partial charge on any atom is -0.313 e. The molecule has 2 aliphatic heterocycles. The van der Waals surface area contributed by atoms with E-state index in [1.54, 1.807) is 0 Å². The zero-order chi connectivity index (χ0) is 14.3. The predicted octanol–water partition coefficient (Wildman–Crippen LogP) is 3.18. The molecular weight excluding hydrogens is 276 g/mol. The average molecular weight is 305 g/mol. The predicted molar refractivity (Wildman–Crippen MR) is 93.1 cm³/mol. The van der Waals surface area contributed by atoms with Crippen LogP contribution in [0.2, 0.25) is 0 Å². The van der Waals surface area contributed by atoms with Gasteiger partial charge >= 0.3 is 0 Å². The number of thioether (sulfide) groups is 1. The molecule has 1 atom stereocenters. The largest absolute Gasteiger partial charge is 0.313 e. The van der Waals surface area contributed by atoms with Crippen LogP contribution in [0.3, 0.4) is 0 Å². The van der Waals surface area contributed by atoms with E-state index in [0.29, 0.717) is 0 Å². The van der Waals surface area contributed by atoms with Crippen molar-refractivity contribution in [3.63, 3.8) is 0 Å². The van der Waals surface area contributed by atoms with Crippen LogP contribution in [0, 0.1) is 0 Å². The third-order valence-corrected chi connectivity index (χ3v) is 6.20. The first-order valence-electron chi connectivity index (χ1n) is 8.51. The van der Waals surface area contributed by atoms with Crippen molar-refractivity contribution in [3.05, 3.63) is 35.9 Å². The highest BCUT2D eigenvalue weighted by atomic mass is 32.2. The number of nitrogens with one attached hydrogen (secondary N) is 1. The molecule has 0 aliphatic carbocycles. The minimum atomic E-state index is 0.763. The molecule has 0 aromatic heterocycles. The lowest BCUT2D eigenvalue weighted by Crippen LogP contribution is -2.44. The zero-order valence-electron chi connectivity index (χ0n) is 13.0. The first kappa shape index (κ1) is 15.4. The Morgan fingerprint density at radius 1 is 1.10 bits per heavy atom. The fourth-order valence-corrected chi connectivity index (χ4v) is 4.61. The summed E-state index contributed by atoms with van der Waals surface area (Å²) in [5.41, 5.74) is 1.47. The summed E-state index contributed by atoms with van der Waals surface area (Å²) in [6.45, 7) is 4.99. The second-order valence-corrected chi connectivity index (χ2v) is 7.80. The van der Waals surface area contributed by atoms with Crippen molar-refractivity contribution < 1.29 is 0 Å². The average Bonchev–Trinajstić information content (AvgIpc) is 3.06. The highest BCUT2D eigenvalue weighted by Crippen LogP contribution is 2.25. The van der Waals surface area contributed by atoms with Gasteiger partial charge in [-0.05, 0) is 56.5 Å². The van der Waals surface area contributed by atoms with Crippen molar-refractivity contribution in [2.24, 2.45) is 0 Å². The van der Waals surface area contributed by atoms with Gasteiger partial charge in [-0.2, -0.15) is 11.8 Å². The molecule has 116 valence electrons. The molecule has 0 spiro atoms. The molecule has 2 saturated heterocycles. The summed E-state index contributed by atoms with van der Waals surface area (Å²) in [6.07, 6.45) is 6.69. The standard InChI is InChI=1S/C18H28N2S/c1-2-5-16(6-3-1)8-11-20-12-9-17(10-13-20)19-15-18-7-4-14-21-18/h1-3,5-6,17-19H,4,7-15H2. The smallest absolute Gasteiger partial charge is 0.0172 e. The van der Waals surface area contributed by atoms with Gasteiger partial charge in [0, 0.05) is 24.4 Å². The van der Waals surface area contributed by atoms with E-state index in [4.69, 9.17) is 0 Å². The van der Waals surface area contributed by atoms with Gasteiger partial charge in [-0.3, -0.25) is 0 Å². The molecule has 2 heterocycles. The van der Waals surface area contributed by atoms with Crippen LogP contribution in [-0.4, -0.2) is 48.1 Å². The Labute approximate surface area is 133 Å². The van der Waals surface area contributed by atoms with Gasteiger partial charge in [0.15, 0.2) is 0 Å². The molecule has 2 fully saturated rings. The number of piperidine rings is 1. The van der Waals surface area contributed by atoms with Gasteiger partial charge in [0.25, 0.3) is 0 Å². The normalized spacial score (nSPS) is 24.5. The minimum absolute atomic E-state index is 0.763. The lowest BCUT2D eigenvalue weighted by atomic mass is 10.0. The van der Waals surface area contributed by atoms with Crippen LogP contribution in [0.5, 0.6) is 0 Å². The third-order valence-electron chi connectivity index (χ3n) is 4.81. The second kappa shape index (κ2) is 8.21. The first-order chi connectivity index (χ1) is 10.4.